The number of halogens is 4. The Labute approximate surface area is 533 Å². The predicted octanol–water partition coefficient (Wildman–Crippen LogP) is 8.77. The third-order valence-electron chi connectivity index (χ3n) is 17.0. The molecule has 5 N–H and O–H groups in total. The molecule has 5 amide bonds. The van der Waals surface area contributed by atoms with Crippen LogP contribution in [0.5, 0.6) is 0 Å². The van der Waals surface area contributed by atoms with Crippen molar-refractivity contribution in [3.63, 3.8) is 0 Å². The zero-order valence-corrected chi connectivity index (χ0v) is 55.3. The molecule has 0 aliphatic carbocycles. The number of nitrogens with two attached hydrogens (primary N) is 1. The molecule has 2 aromatic carbocycles. The van der Waals surface area contributed by atoms with E-state index in [-0.39, 0.29) is 67.7 Å². The maximum atomic E-state index is 16.2. The number of carbonyl (C=O) groups is 9. The van der Waals surface area contributed by atoms with E-state index in [2.05, 4.69) is 33.1 Å². The Morgan fingerprint density at radius 3 is 2.37 bits per heavy atom. The number of fused-ring (bicyclic) bond motifs is 5. The summed E-state index contributed by atoms with van der Waals surface area (Å²) in [6.07, 6.45) is 1.44. The molecule has 3 aliphatic heterocycles. The molecule has 10 atom stereocenters. The molecule has 0 unspecified atom stereocenters. The number of likely N-dealkylation sites (N-methyl/N-ethyl adjacent to an activating group) is 1. The topological polar surface area (TPSA) is 280 Å². The second kappa shape index (κ2) is 31.6. The van der Waals surface area contributed by atoms with Crippen LogP contribution in [0.4, 0.5) is 19.3 Å². The van der Waals surface area contributed by atoms with Gasteiger partial charge in [-0.25, -0.2) is 23.2 Å². The summed E-state index contributed by atoms with van der Waals surface area (Å²) >= 11 is 10.0. The van der Waals surface area contributed by atoms with Crippen LogP contribution in [0.15, 0.2) is 60.2 Å². The Hall–Kier alpha value is -6.40. The van der Waals surface area contributed by atoms with Gasteiger partial charge in [-0.05, 0) is 121 Å². The van der Waals surface area contributed by atoms with Crippen molar-refractivity contribution >= 4 is 86.4 Å². The summed E-state index contributed by atoms with van der Waals surface area (Å²) in [6, 6.07) is 1.28. The lowest BCUT2D eigenvalue weighted by atomic mass is 9.78. The van der Waals surface area contributed by atoms with E-state index in [0.717, 1.165) is 23.1 Å². The number of ether oxygens (including phenoxy) is 5. The van der Waals surface area contributed by atoms with Gasteiger partial charge >= 0.3 is 23.9 Å². The SMILES string of the molecule is C=C(CBr)C(=O)OC(C)(C)CCCCC(=O)C[C@H](C(=O)N[C@@H](CCCNC(N)=O)C(=O)Cc1cc(F)c(C(=O)N(C)[C@@H](C)C(=O)O[C@H]2CC(=O)N(C)c3cc(cc(C)c3Cl)C/C(C)=C/C=C/[C@@H](OC)[C@]3(O)CC(=O)O[C@@H](C3)[C@@H](C)[C@@H]3O[C@@]23C)cc1F)C(C)C. The van der Waals surface area contributed by atoms with Crippen molar-refractivity contribution in [1.82, 2.24) is 15.5 Å². The monoisotopic (exact) mass is 1330 g/mol. The van der Waals surface area contributed by atoms with E-state index in [1.54, 1.807) is 66.7 Å². The van der Waals surface area contributed by atoms with Gasteiger partial charge < -0.3 is 55.0 Å². The molecule has 3 aliphatic rings. The number of primary amides is 1. The molecule has 2 fully saturated rings. The molecule has 4 bridgehead atoms. The number of anilines is 1. The fourth-order valence-electron chi connectivity index (χ4n) is 11.2. The first-order valence-electron chi connectivity index (χ1n) is 29.9. The number of carbonyl (C=O) groups excluding carboxylic acids is 9. The third kappa shape index (κ3) is 19.6. The van der Waals surface area contributed by atoms with Gasteiger partial charge in [-0.3, -0.25) is 28.8 Å². The van der Waals surface area contributed by atoms with Crippen LogP contribution >= 0.6 is 27.5 Å². The maximum absolute atomic E-state index is 16.2. The smallest absolute Gasteiger partial charge is 0.334 e. The van der Waals surface area contributed by atoms with Crippen LogP contribution in [0.2, 0.25) is 5.02 Å². The van der Waals surface area contributed by atoms with Crippen molar-refractivity contribution in [1.29, 1.82) is 0 Å². The normalized spacial score (nSPS) is 24.1. The number of nitrogens with zero attached hydrogens (tertiary/aromatic N) is 2. The summed E-state index contributed by atoms with van der Waals surface area (Å²) in [5.41, 5.74) is 3.07. The number of epoxide rings is 1. The molecule has 5 rings (SSSR count). The fourth-order valence-corrected chi connectivity index (χ4v) is 11.7. The largest absolute Gasteiger partial charge is 0.462 e. The molecule has 0 saturated carbocycles. The van der Waals surface area contributed by atoms with Crippen molar-refractivity contribution in [3.05, 3.63) is 99.1 Å². The Morgan fingerprint density at radius 2 is 1.73 bits per heavy atom. The number of esters is 3. The van der Waals surface area contributed by atoms with Gasteiger partial charge in [0.2, 0.25) is 11.8 Å². The summed E-state index contributed by atoms with van der Waals surface area (Å²) in [7, 11) is 4.10. The molecule has 89 heavy (non-hydrogen) atoms. The first kappa shape index (κ1) is 73.3. The molecule has 2 saturated heterocycles. The Morgan fingerprint density at radius 1 is 1.04 bits per heavy atom. The highest BCUT2D eigenvalue weighted by atomic mass is 79.9. The van der Waals surface area contributed by atoms with E-state index in [0.29, 0.717) is 54.1 Å². The third-order valence-corrected chi connectivity index (χ3v) is 18.2. The van der Waals surface area contributed by atoms with Crippen molar-refractivity contribution in [2.75, 3.05) is 38.0 Å². The number of ketones is 2. The summed E-state index contributed by atoms with van der Waals surface area (Å²) in [5, 5.41) is 17.7. The standard InChI is InChI=1S/C65H87BrClF2N5O15/c1-35(2)44(29-43(75)19-14-15-22-63(8,9)89-60(81)38(5)34-66)58(79)72-48(20-17-23-71-62(70)83)50(76)28-42-27-47(69)45(30-46(42)68)59(80)73(11)40(7)61(82)87-53-31-54(77)74(12)49-26-41(25-37(4)56(49)67)24-36(3)18-16-21-52(85-13)65(84)32-51(86-55(78)33-65)39(6)57-64(53,10)88-57/h16,18,21,25-27,30,35,39-40,44,48,51-53,57,84H,5,14-15,17,19-20,22-24,28-29,31-34H2,1-4,6-13H3,(H,72,79)(H3,70,71,83)/b21-16+,36-18+/t39-,40+,44+,48+,51+,52-,53+,57+,64+,65-/m1/s1. The van der Waals surface area contributed by atoms with E-state index in [4.69, 9.17) is 41.0 Å². The number of unbranched alkanes of at least 4 members (excludes halogenated alkanes) is 1. The molecule has 3 heterocycles. The van der Waals surface area contributed by atoms with Crippen LogP contribution < -0.4 is 21.3 Å². The van der Waals surface area contributed by atoms with Gasteiger partial charge in [0, 0.05) is 76.2 Å². The average molecular weight is 1330 g/mol. The second-order valence-electron chi connectivity index (χ2n) is 25.0. The minimum absolute atomic E-state index is 0.00593. The lowest BCUT2D eigenvalue weighted by Gasteiger charge is -2.41. The number of aliphatic hydroxyl groups is 1. The van der Waals surface area contributed by atoms with Crippen LogP contribution in [-0.4, -0.2) is 150 Å². The van der Waals surface area contributed by atoms with Gasteiger partial charge in [0.1, 0.15) is 58.6 Å². The highest BCUT2D eigenvalue weighted by molar-refractivity contribution is 9.09. The van der Waals surface area contributed by atoms with E-state index in [9.17, 15) is 48.3 Å². The summed E-state index contributed by atoms with van der Waals surface area (Å²) in [4.78, 5) is 123. The number of Topliss-reactive ketones (excluding diaryl/α,β-unsaturated/α-hetero) is 2. The number of nitrogens with one attached hydrogen (secondary N) is 2. The molecule has 0 radical (unpaired) electrons. The molecular weight excluding hydrogens is 1240 g/mol. The molecule has 490 valence electrons. The highest BCUT2D eigenvalue weighted by Crippen LogP contribution is 2.50. The number of amides is 5. The lowest BCUT2D eigenvalue weighted by molar-refractivity contribution is -0.187. The maximum Gasteiger partial charge on any atom is 0.334 e. The first-order chi connectivity index (χ1) is 41.6. The number of urea groups is 1. The van der Waals surface area contributed by atoms with E-state index in [1.165, 1.54) is 26.0 Å². The average Bonchev–Trinajstić information content (AvgIpc) is 1.63. The van der Waals surface area contributed by atoms with Crippen LogP contribution in [-0.2, 0) is 70.1 Å². The minimum atomic E-state index is -1.70. The molecule has 0 spiro atoms. The number of alkyl halides is 1. The number of aryl methyl sites for hydroxylation is 1. The van der Waals surface area contributed by atoms with E-state index >= 15 is 8.78 Å². The quantitative estimate of drug-likeness (QED) is 0.0181. The number of allylic oxidation sites excluding steroid dienone is 3. The van der Waals surface area contributed by atoms with Crippen LogP contribution in [0.3, 0.4) is 0 Å². The van der Waals surface area contributed by atoms with Crippen LogP contribution in [0, 0.1) is 36.3 Å². The van der Waals surface area contributed by atoms with Crippen molar-refractivity contribution in [3.8, 4) is 0 Å². The Kier molecular flexibility index (Phi) is 26.0. The van der Waals surface area contributed by atoms with E-state index < -0.39 is 148 Å². The number of hydrogen-bond acceptors (Lipinski definition) is 15. The van der Waals surface area contributed by atoms with Crippen molar-refractivity contribution in [2.45, 2.75) is 193 Å². The zero-order chi connectivity index (χ0) is 66.6. The minimum Gasteiger partial charge on any atom is -0.462 e. The number of methoxy groups -OCH3 is 1. The highest BCUT2D eigenvalue weighted by Gasteiger charge is 2.64. The molecular formula is C65H87BrClF2N5O15. The summed E-state index contributed by atoms with van der Waals surface area (Å²) < 4.78 is 61.9. The van der Waals surface area contributed by atoms with Gasteiger partial charge in [-0.1, -0.05) is 84.7 Å². The molecule has 20 nitrogen and oxygen atoms in total. The van der Waals surface area contributed by atoms with Gasteiger partial charge in [0.15, 0.2) is 5.78 Å². The fraction of sp³-hybridized carbons (Fsp3) is 0.585. The Balaban J connectivity index is 1.33. The van der Waals surface area contributed by atoms with Crippen LogP contribution in [0.1, 0.15) is 147 Å². The van der Waals surface area contributed by atoms with Crippen molar-refractivity contribution < 1.29 is 80.7 Å². The first-order valence-corrected chi connectivity index (χ1v) is 31.4. The molecule has 24 heteroatoms. The molecule has 2 aromatic rings. The van der Waals surface area contributed by atoms with Crippen molar-refractivity contribution in [2.24, 2.45) is 23.5 Å². The summed E-state index contributed by atoms with van der Waals surface area (Å²) in [5.74, 6) is -9.91. The summed E-state index contributed by atoms with van der Waals surface area (Å²) in [6.45, 7) is 19.0. The van der Waals surface area contributed by atoms with Gasteiger partial charge in [0.25, 0.3) is 5.91 Å². The number of rotatable bonds is 25. The predicted molar refractivity (Wildman–Crippen MR) is 333 cm³/mol. The van der Waals surface area contributed by atoms with Gasteiger partial charge in [-0.15, -0.1) is 0 Å². The second-order valence-corrected chi connectivity index (χ2v) is 25.9. The van der Waals surface area contributed by atoms with Gasteiger partial charge in [0.05, 0.1) is 41.3 Å². The molecule has 0 aromatic heterocycles. The number of hydrogen-bond donors (Lipinski definition) is 4. The number of benzene rings is 2. The zero-order valence-electron chi connectivity index (χ0n) is 53.0. The van der Waals surface area contributed by atoms with Gasteiger partial charge in [-0.2, -0.15) is 0 Å². The van der Waals surface area contributed by atoms with Crippen LogP contribution in [0.25, 0.3) is 0 Å². The van der Waals surface area contributed by atoms with E-state index in [1.807, 2.05) is 19.1 Å². The lowest BCUT2D eigenvalue weighted by Crippen LogP contribution is -2.53. The Bertz CT molecular complexity index is 3080.